The number of thiazole rings is 1. The molecule has 0 aliphatic carbocycles. The van der Waals surface area contributed by atoms with Crippen molar-refractivity contribution in [3.63, 3.8) is 0 Å². The minimum Gasteiger partial charge on any atom is -0.345 e. The molecule has 0 bridgehead atoms. The first-order valence-corrected chi connectivity index (χ1v) is 10.4. The summed E-state index contributed by atoms with van der Waals surface area (Å²) in [6, 6.07) is 17.9. The van der Waals surface area contributed by atoms with Gasteiger partial charge in [0.25, 0.3) is 0 Å². The van der Waals surface area contributed by atoms with Crippen LogP contribution in [0.4, 0.5) is 10.8 Å². The second kappa shape index (κ2) is 8.25. The van der Waals surface area contributed by atoms with E-state index in [1.807, 2.05) is 42.5 Å². The van der Waals surface area contributed by atoms with Crippen LogP contribution in [0.2, 0.25) is 5.02 Å². The lowest BCUT2D eigenvalue weighted by Gasteiger charge is -2.36. The quantitative estimate of drug-likeness (QED) is 0.610. The molecule has 2 aromatic carbocycles. The van der Waals surface area contributed by atoms with Crippen LogP contribution in [0.15, 0.2) is 60.0 Å². The molecule has 0 radical (unpaired) electrons. The summed E-state index contributed by atoms with van der Waals surface area (Å²) in [6.07, 6.45) is 0. The third-order valence-electron chi connectivity index (χ3n) is 4.51. The van der Waals surface area contributed by atoms with Crippen molar-refractivity contribution in [3.8, 4) is 11.3 Å². The first kappa shape index (κ1) is 18.2. The average molecular weight is 415 g/mol. The molecule has 1 aliphatic rings. The van der Waals surface area contributed by atoms with E-state index in [1.54, 1.807) is 11.3 Å². The summed E-state index contributed by atoms with van der Waals surface area (Å²) in [4.78, 5) is 9.32. The summed E-state index contributed by atoms with van der Waals surface area (Å²) >= 11 is 13.5. The number of halogens is 1. The Morgan fingerprint density at radius 1 is 1.00 bits per heavy atom. The van der Waals surface area contributed by atoms with Crippen molar-refractivity contribution in [2.24, 2.45) is 0 Å². The Morgan fingerprint density at radius 3 is 2.44 bits per heavy atom. The molecular weight excluding hydrogens is 396 g/mol. The van der Waals surface area contributed by atoms with E-state index in [1.165, 1.54) is 0 Å². The largest absolute Gasteiger partial charge is 0.345 e. The zero-order chi connectivity index (χ0) is 18.6. The normalized spacial score (nSPS) is 14.3. The van der Waals surface area contributed by atoms with Gasteiger partial charge in [-0.3, -0.25) is 0 Å². The van der Waals surface area contributed by atoms with Gasteiger partial charge in [0.2, 0.25) is 0 Å². The third-order valence-corrected chi connectivity index (χ3v) is 6.11. The molecule has 7 heteroatoms. The van der Waals surface area contributed by atoms with Gasteiger partial charge in [0.15, 0.2) is 10.2 Å². The highest BCUT2D eigenvalue weighted by molar-refractivity contribution is 7.80. The van der Waals surface area contributed by atoms with Gasteiger partial charge in [-0.05, 0) is 24.4 Å². The van der Waals surface area contributed by atoms with Crippen LogP contribution < -0.4 is 10.2 Å². The highest BCUT2D eigenvalue weighted by Crippen LogP contribution is 2.28. The Bertz CT molecular complexity index is 920. The van der Waals surface area contributed by atoms with E-state index in [4.69, 9.17) is 28.8 Å². The van der Waals surface area contributed by atoms with Gasteiger partial charge in [0.05, 0.1) is 16.4 Å². The first-order chi connectivity index (χ1) is 13.2. The molecule has 138 valence electrons. The van der Waals surface area contributed by atoms with Crippen molar-refractivity contribution in [3.05, 3.63) is 65.0 Å². The zero-order valence-corrected chi connectivity index (χ0v) is 17.0. The van der Waals surface area contributed by atoms with Crippen LogP contribution in [-0.2, 0) is 0 Å². The molecule has 0 spiro atoms. The molecule has 4 rings (SSSR count). The molecule has 1 fully saturated rings. The highest BCUT2D eigenvalue weighted by atomic mass is 35.5. The van der Waals surface area contributed by atoms with E-state index in [0.29, 0.717) is 10.1 Å². The fourth-order valence-corrected chi connectivity index (χ4v) is 4.37. The minimum atomic E-state index is 0.676. The number of piperazine rings is 1. The molecule has 0 atom stereocenters. The van der Waals surface area contributed by atoms with Crippen molar-refractivity contribution in [2.45, 2.75) is 0 Å². The number of thiocarbonyl (C=S) groups is 1. The Labute approximate surface area is 173 Å². The molecule has 0 amide bonds. The lowest BCUT2D eigenvalue weighted by atomic mass is 10.2. The molecule has 1 aromatic heterocycles. The fourth-order valence-electron chi connectivity index (χ4n) is 3.01. The summed E-state index contributed by atoms with van der Waals surface area (Å²) in [6.45, 7) is 3.51. The minimum absolute atomic E-state index is 0.676. The van der Waals surface area contributed by atoms with E-state index in [-0.39, 0.29) is 0 Å². The van der Waals surface area contributed by atoms with Crippen LogP contribution in [0, 0.1) is 0 Å². The van der Waals surface area contributed by atoms with Gasteiger partial charge in [0.1, 0.15) is 0 Å². The van der Waals surface area contributed by atoms with Gasteiger partial charge in [0, 0.05) is 37.1 Å². The van der Waals surface area contributed by atoms with Crippen LogP contribution in [0.3, 0.4) is 0 Å². The Morgan fingerprint density at radius 2 is 1.70 bits per heavy atom. The lowest BCUT2D eigenvalue weighted by Crippen LogP contribution is -2.50. The fraction of sp³-hybridized carbons (Fsp3) is 0.200. The van der Waals surface area contributed by atoms with Gasteiger partial charge in [-0.1, -0.05) is 54.1 Å². The topological polar surface area (TPSA) is 31.4 Å². The van der Waals surface area contributed by atoms with Crippen molar-refractivity contribution in [2.75, 3.05) is 36.4 Å². The lowest BCUT2D eigenvalue weighted by molar-refractivity contribution is 0.390. The van der Waals surface area contributed by atoms with E-state index < -0.39 is 0 Å². The Balaban J connectivity index is 1.36. The molecule has 2 heterocycles. The summed E-state index contributed by atoms with van der Waals surface area (Å²) in [5, 5.41) is 7.84. The van der Waals surface area contributed by atoms with Gasteiger partial charge in [-0.2, -0.15) is 0 Å². The summed E-state index contributed by atoms with van der Waals surface area (Å²) in [5.41, 5.74) is 3.04. The Hall–Kier alpha value is -2.15. The Kier molecular flexibility index (Phi) is 5.57. The second-order valence-corrected chi connectivity index (χ2v) is 7.90. The number of hydrogen-bond acceptors (Lipinski definition) is 4. The number of rotatable bonds is 3. The first-order valence-electron chi connectivity index (χ1n) is 8.77. The molecule has 1 saturated heterocycles. The van der Waals surface area contributed by atoms with Crippen molar-refractivity contribution >= 4 is 51.1 Å². The number of aromatic nitrogens is 1. The molecule has 0 saturated carbocycles. The smallest absolute Gasteiger partial charge is 0.185 e. The van der Waals surface area contributed by atoms with Crippen LogP contribution in [-0.4, -0.2) is 41.2 Å². The van der Waals surface area contributed by atoms with Crippen molar-refractivity contribution in [1.29, 1.82) is 0 Å². The summed E-state index contributed by atoms with van der Waals surface area (Å²) in [7, 11) is 0. The number of benzene rings is 2. The van der Waals surface area contributed by atoms with Crippen LogP contribution in [0.25, 0.3) is 11.3 Å². The maximum absolute atomic E-state index is 6.21. The molecule has 1 aliphatic heterocycles. The zero-order valence-electron chi connectivity index (χ0n) is 14.6. The summed E-state index contributed by atoms with van der Waals surface area (Å²) in [5.74, 6) is 0. The van der Waals surface area contributed by atoms with Crippen molar-refractivity contribution < 1.29 is 0 Å². The predicted octanol–water partition coefficient (Wildman–Crippen LogP) is 4.98. The predicted molar refractivity (Wildman–Crippen MR) is 119 cm³/mol. The molecular formula is C20H19ClN4S2. The van der Waals surface area contributed by atoms with Gasteiger partial charge >= 0.3 is 0 Å². The third kappa shape index (κ3) is 4.24. The average Bonchev–Trinajstić information content (AvgIpc) is 3.21. The molecule has 4 nitrogen and oxygen atoms in total. The van der Waals surface area contributed by atoms with Gasteiger partial charge in [-0.25, -0.2) is 4.98 Å². The van der Waals surface area contributed by atoms with Crippen molar-refractivity contribution in [1.82, 2.24) is 9.88 Å². The highest BCUT2D eigenvalue weighted by Gasteiger charge is 2.21. The SMILES string of the molecule is S=C(Nc1ccccc1Cl)N1CCN(c2nc(-c3ccccc3)cs2)CC1. The van der Waals surface area contributed by atoms with Crippen LogP contribution >= 0.6 is 35.2 Å². The number of para-hydroxylation sites is 1. The van der Waals surface area contributed by atoms with Gasteiger partial charge < -0.3 is 15.1 Å². The molecule has 0 unspecified atom stereocenters. The van der Waals surface area contributed by atoms with E-state index in [0.717, 1.165) is 48.3 Å². The number of hydrogen-bond donors (Lipinski definition) is 1. The van der Waals surface area contributed by atoms with Crippen LogP contribution in [0.5, 0.6) is 0 Å². The van der Waals surface area contributed by atoms with E-state index in [2.05, 4.69) is 32.6 Å². The number of nitrogens with one attached hydrogen (secondary N) is 1. The van der Waals surface area contributed by atoms with E-state index in [9.17, 15) is 0 Å². The maximum Gasteiger partial charge on any atom is 0.185 e. The number of nitrogens with zero attached hydrogens (tertiary/aromatic N) is 3. The molecule has 3 aromatic rings. The van der Waals surface area contributed by atoms with Crippen LogP contribution in [0.1, 0.15) is 0 Å². The second-order valence-electron chi connectivity index (χ2n) is 6.27. The maximum atomic E-state index is 6.21. The standard InChI is InChI=1S/C20H19ClN4S2/c21-16-8-4-5-9-17(16)22-19(26)24-10-12-25(13-11-24)20-23-18(14-27-20)15-6-2-1-3-7-15/h1-9,14H,10-13H2,(H,22,26). The monoisotopic (exact) mass is 414 g/mol. The van der Waals surface area contributed by atoms with Gasteiger partial charge in [-0.15, -0.1) is 11.3 Å². The molecule has 1 N–H and O–H groups in total. The molecule has 27 heavy (non-hydrogen) atoms. The van der Waals surface area contributed by atoms with E-state index >= 15 is 0 Å². The number of anilines is 2. The summed E-state index contributed by atoms with van der Waals surface area (Å²) < 4.78 is 0.